The fourth-order valence-corrected chi connectivity index (χ4v) is 5.01. The molecule has 0 atom stereocenters. The van der Waals surface area contributed by atoms with E-state index in [1.54, 1.807) is 0 Å². The van der Waals surface area contributed by atoms with Crippen molar-refractivity contribution < 1.29 is 14.7 Å². The van der Waals surface area contributed by atoms with Crippen molar-refractivity contribution in [3.05, 3.63) is 35.0 Å². The van der Waals surface area contributed by atoms with E-state index in [4.69, 9.17) is 0 Å². The van der Waals surface area contributed by atoms with E-state index in [-0.39, 0.29) is 11.4 Å². The molecule has 3 N–H and O–H groups in total. The molecule has 2 bridgehead atoms. The van der Waals surface area contributed by atoms with Gasteiger partial charge in [0.15, 0.2) is 0 Å². The summed E-state index contributed by atoms with van der Waals surface area (Å²) in [5, 5.41) is 13.4. The fraction of sp³-hybridized carbons (Fsp3) is 0.474. The quantitative estimate of drug-likeness (QED) is 0.812. The first-order valence-corrected chi connectivity index (χ1v) is 8.70. The number of aliphatic carboxylic acids is 1. The number of aryl methyl sites for hydroxylation is 2. The molecule has 4 aliphatic carbocycles. The maximum Gasteiger partial charge on any atom is 0.309 e. The van der Waals surface area contributed by atoms with Crippen LogP contribution in [0.5, 0.6) is 0 Å². The van der Waals surface area contributed by atoms with Gasteiger partial charge >= 0.3 is 5.97 Å². The number of carboxylic acids is 1. The third-order valence-corrected chi connectivity index (χ3v) is 6.22. The molecule has 5 heteroatoms. The molecule has 6 rings (SSSR count). The Bertz CT molecular complexity index is 876. The predicted molar refractivity (Wildman–Crippen MR) is 89.1 cm³/mol. The molecule has 5 nitrogen and oxygen atoms in total. The Hall–Kier alpha value is -2.30. The third kappa shape index (κ3) is 1.75. The molecule has 1 aromatic heterocycles. The number of rotatable bonds is 3. The standard InChI is InChI=1S/C19H20N2O3/c22-16(21-19-8-18(9-19,10-19)17(23)24)11-5-6-15-13(7-11)12-3-1-2-4-14(12)20-15/h5-7,20H,1-4,8-10H2,(H,21,22)(H,23,24). The summed E-state index contributed by atoms with van der Waals surface area (Å²) in [4.78, 5) is 27.3. The molecule has 24 heavy (non-hydrogen) atoms. The lowest BCUT2D eigenvalue weighted by Crippen LogP contribution is -2.77. The molecule has 2 aromatic rings. The van der Waals surface area contributed by atoms with E-state index in [9.17, 15) is 14.7 Å². The maximum absolute atomic E-state index is 12.6. The third-order valence-electron chi connectivity index (χ3n) is 6.22. The summed E-state index contributed by atoms with van der Waals surface area (Å²) in [6.45, 7) is 0. The number of fused-ring (bicyclic) bond motifs is 3. The van der Waals surface area contributed by atoms with Crippen LogP contribution >= 0.6 is 0 Å². The second-order valence-corrected chi connectivity index (χ2v) is 7.90. The van der Waals surface area contributed by atoms with Gasteiger partial charge in [0.05, 0.1) is 5.41 Å². The Morgan fingerprint density at radius 3 is 2.62 bits per heavy atom. The number of carbonyl (C=O) groups is 2. The Morgan fingerprint density at radius 2 is 1.88 bits per heavy atom. The highest BCUT2D eigenvalue weighted by Crippen LogP contribution is 2.67. The Morgan fingerprint density at radius 1 is 1.12 bits per heavy atom. The van der Waals surface area contributed by atoms with Crippen LogP contribution in [0.3, 0.4) is 0 Å². The van der Waals surface area contributed by atoms with Gasteiger partial charge in [0.25, 0.3) is 5.91 Å². The minimum atomic E-state index is -0.723. The van der Waals surface area contributed by atoms with Crippen LogP contribution < -0.4 is 5.32 Å². The summed E-state index contributed by atoms with van der Waals surface area (Å²) >= 11 is 0. The molecule has 0 spiro atoms. The van der Waals surface area contributed by atoms with Crippen molar-refractivity contribution in [2.75, 3.05) is 0 Å². The number of benzene rings is 1. The average Bonchev–Trinajstić information content (AvgIpc) is 2.86. The van der Waals surface area contributed by atoms with Gasteiger partial charge in [-0.3, -0.25) is 9.59 Å². The lowest BCUT2D eigenvalue weighted by atomic mass is 9.39. The van der Waals surface area contributed by atoms with Crippen LogP contribution in [0.2, 0.25) is 0 Å². The predicted octanol–water partition coefficient (Wildman–Crippen LogP) is 2.78. The van der Waals surface area contributed by atoms with Gasteiger partial charge in [-0.1, -0.05) is 0 Å². The molecule has 1 aromatic carbocycles. The number of aromatic nitrogens is 1. The number of carbonyl (C=O) groups excluding carboxylic acids is 1. The van der Waals surface area contributed by atoms with Gasteiger partial charge in [0, 0.05) is 27.7 Å². The van der Waals surface area contributed by atoms with Crippen molar-refractivity contribution in [3.63, 3.8) is 0 Å². The maximum atomic E-state index is 12.6. The second-order valence-electron chi connectivity index (χ2n) is 7.90. The monoisotopic (exact) mass is 324 g/mol. The zero-order valence-corrected chi connectivity index (χ0v) is 13.4. The summed E-state index contributed by atoms with van der Waals surface area (Å²) in [5.74, 6) is -0.805. The van der Waals surface area contributed by atoms with Crippen LogP contribution in [0.1, 0.15) is 53.7 Å². The van der Waals surface area contributed by atoms with E-state index in [0.717, 1.165) is 23.7 Å². The molecule has 4 aliphatic rings. The molecule has 1 amide bonds. The molecular weight excluding hydrogens is 304 g/mol. The van der Waals surface area contributed by atoms with Crippen molar-refractivity contribution in [2.24, 2.45) is 5.41 Å². The minimum absolute atomic E-state index is 0.0821. The summed E-state index contributed by atoms with van der Waals surface area (Å²) in [5.41, 5.74) is 3.62. The van der Waals surface area contributed by atoms with Crippen LogP contribution in [-0.4, -0.2) is 27.5 Å². The highest BCUT2D eigenvalue weighted by molar-refractivity contribution is 6.00. The summed E-state index contributed by atoms with van der Waals surface area (Å²) < 4.78 is 0. The van der Waals surface area contributed by atoms with Gasteiger partial charge in [-0.25, -0.2) is 0 Å². The van der Waals surface area contributed by atoms with E-state index in [2.05, 4.69) is 10.3 Å². The van der Waals surface area contributed by atoms with Gasteiger partial charge in [-0.2, -0.15) is 0 Å². The number of aromatic amines is 1. The van der Waals surface area contributed by atoms with Gasteiger partial charge in [0.2, 0.25) is 0 Å². The van der Waals surface area contributed by atoms with E-state index in [1.165, 1.54) is 24.1 Å². The number of nitrogens with one attached hydrogen (secondary N) is 2. The lowest BCUT2D eigenvalue weighted by molar-refractivity contribution is -0.196. The number of carboxylic acid groups (broad SMARTS) is 1. The average molecular weight is 324 g/mol. The van der Waals surface area contributed by atoms with Crippen molar-refractivity contribution in [1.29, 1.82) is 0 Å². The summed E-state index contributed by atoms with van der Waals surface area (Å²) in [6, 6.07) is 5.84. The molecular formula is C19H20N2O3. The highest BCUT2D eigenvalue weighted by atomic mass is 16.4. The molecule has 1 heterocycles. The summed E-state index contributed by atoms with van der Waals surface area (Å²) in [6.07, 6.45) is 6.31. The first-order chi connectivity index (χ1) is 11.5. The first-order valence-electron chi connectivity index (χ1n) is 8.70. The smallest absolute Gasteiger partial charge is 0.309 e. The minimum Gasteiger partial charge on any atom is -0.481 e. The lowest BCUT2D eigenvalue weighted by Gasteiger charge is -2.67. The van der Waals surface area contributed by atoms with Crippen molar-refractivity contribution in [1.82, 2.24) is 10.3 Å². The number of amides is 1. The van der Waals surface area contributed by atoms with Gasteiger partial charge in [0.1, 0.15) is 0 Å². The number of hydrogen-bond donors (Lipinski definition) is 3. The van der Waals surface area contributed by atoms with E-state index in [0.29, 0.717) is 24.8 Å². The van der Waals surface area contributed by atoms with Crippen LogP contribution in [0.4, 0.5) is 0 Å². The zero-order valence-electron chi connectivity index (χ0n) is 13.4. The zero-order chi connectivity index (χ0) is 16.5. The van der Waals surface area contributed by atoms with Crippen molar-refractivity contribution in [2.45, 2.75) is 50.5 Å². The van der Waals surface area contributed by atoms with Gasteiger partial charge in [-0.15, -0.1) is 0 Å². The first kappa shape index (κ1) is 14.1. The van der Waals surface area contributed by atoms with Crippen LogP contribution in [0, 0.1) is 5.41 Å². The van der Waals surface area contributed by atoms with Crippen LogP contribution in [0.15, 0.2) is 18.2 Å². The van der Waals surface area contributed by atoms with E-state index >= 15 is 0 Å². The fourth-order valence-electron chi connectivity index (χ4n) is 5.01. The largest absolute Gasteiger partial charge is 0.481 e. The van der Waals surface area contributed by atoms with Gasteiger partial charge < -0.3 is 15.4 Å². The Kier molecular flexibility index (Phi) is 2.58. The topological polar surface area (TPSA) is 82.2 Å². The Balaban J connectivity index is 1.39. The molecule has 0 radical (unpaired) electrons. The van der Waals surface area contributed by atoms with E-state index < -0.39 is 11.4 Å². The summed E-state index contributed by atoms with van der Waals surface area (Å²) in [7, 11) is 0. The number of H-pyrrole nitrogens is 1. The molecule has 3 saturated carbocycles. The second kappa shape index (κ2) is 4.41. The van der Waals surface area contributed by atoms with Crippen LogP contribution in [-0.2, 0) is 17.6 Å². The number of hydrogen-bond acceptors (Lipinski definition) is 2. The molecule has 0 saturated heterocycles. The molecule has 124 valence electrons. The van der Waals surface area contributed by atoms with Crippen LogP contribution in [0.25, 0.3) is 10.9 Å². The molecule has 0 aliphatic heterocycles. The molecule has 0 unspecified atom stereocenters. The normalized spacial score (nSPS) is 30.2. The highest BCUT2D eigenvalue weighted by Gasteiger charge is 2.72. The SMILES string of the molecule is O=C(NC12CC(C(=O)O)(C1)C2)c1ccc2[nH]c3c(c2c1)CCCC3. The Labute approximate surface area is 139 Å². The van der Waals surface area contributed by atoms with E-state index in [1.807, 2.05) is 18.2 Å². The molecule has 3 fully saturated rings. The van der Waals surface area contributed by atoms with Crippen molar-refractivity contribution in [3.8, 4) is 0 Å². The van der Waals surface area contributed by atoms with Crippen molar-refractivity contribution >= 4 is 22.8 Å². The van der Waals surface area contributed by atoms with Gasteiger partial charge in [-0.05, 0) is 68.7 Å².